The van der Waals surface area contributed by atoms with Gasteiger partial charge in [0.2, 0.25) is 5.91 Å². The number of amides is 1. The predicted molar refractivity (Wildman–Crippen MR) is 97.8 cm³/mol. The number of aromatic amines is 1. The number of aromatic nitrogens is 1. The van der Waals surface area contributed by atoms with Gasteiger partial charge in [-0.3, -0.25) is 4.79 Å². The van der Waals surface area contributed by atoms with Crippen LogP contribution in [0.5, 0.6) is 5.75 Å². The Kier molecular flexibility index (Phi) is 5.11. The number of methoxy groups -OCH3 is 1. The second-order valence-electron chi connectivity index (χ2n) is 5.49. The van der Waals surface area contributed by atoms with E-state index in [-0.39, 0.29) is 5.91 Å². The van der Waals surface area contributed by atoms with Crippen molar-refractivity contribution in [2.24, 2.45) is 0 Å². The number of fused-ring (bicyclic) bond motifs is 1. The molecular weight excluding hydrogens is 320 g/mol. The molecular formula is C19H20N2O2S. The van der Waals surface area contributed by atoms with E-state index in [4.69, 9.17) is 4.74 Å². The summed E-state index contributed by atoms with van der Waals surface area (Å²) in [6.45, 7) is 2.15. The Hall–Kier alpha value is -2.40. The molecule has 3 aromatic rings. The first-order chi connectivity index (χ1) is 11.7. The summed E-state index contributed by atoms with van der Waals surface area (Å²) in [5.74, 6) is 0.822. The molecule has 0 atom stereocenters. The number of rotatable bonds is 6. The van der Waals surface area contributed by atoms with Crippen molar-refractivity contribution in [3.63, 3.8) is 0 Å². The van der Waals surface area contributed by atoms with Crippen LogP contribution in [0.25, 0.3) is 10.9 Å². The molecule has 24 heavy (non-hydrogen) atoms. The fourth-order valence-corrected chi connectivity index (χ4v) is 3.66. The van der Waals surface area contributed by atoms with Crippen molar-refractivity contribution >= 4 is 28.6 Å². The maximum absolute atomic E-state index is 11.2. The van der Waals surface area contributed by atoms with E-state index in [1.165, 1.54) is 17.4 Å². The summed E-state index contributed by atoms with van der Waals surface area (Å²) in [7, 11) is 1.67. The molecule has 4 nitrogen and oxygen atoms in total. The van der Waals surface area contributed by atoms with Crippen LogP contribution in [-0.2, 0) is 11.2 Å². The van der Waals surface area contributed by atoms with E-state index in [0.29, 0.717) is 6.54 Å². The van der Waals surface area contributed by atoms with Crippen molar-refractivity contribution in [2.45, 2.75) is 23.3 Å². The molecule has 2 aromatic carbocycles. The first kappa shape index (κ1) is 16.5. The molecule has 3 rings (SSSR count). The van der Waals surface area contributed by atoms with E-state index in [0.717, 1.165) is 28.1 Å². The van der Waals surface area contributed by atoms with Gasteiger partial charge in [-0.15, -0.1) is 0 Å². The average molecular weight is 340 g/mol. The van der Waals surface area contributed by atoms with Gasteiger partial charge in [0.1, 0.15) is 5.75 Å². The molecule has 0 radical (unpaired) electrons. The maximum atomic E-state index is 11.2. The van der Waals surface area contributed by atoms with Crippen molar-refractivity contribution in [3.05, 3.63) is 54.1 Å². The van der Waals surface area contributed by atoms with Gasteiger partial charge in [-0.1, -0.05) is 30.0 Å². The zero-order chi connectivity index (χ0) is 16.9. The summed E-state index contributed by atoms with van der Waals surface area (Å²) in [5, 5.41) is 5.12. The van der Waals surface area contributed by atoms with E-state index in [1.807, 2.05) is 36.4 Å². The van der Waals surface area contributed by atoms with Crippen LogP contribution in [0, 0.1) is 0 Å². The minimum atomic E-state index is -0.00955. The minimum absolute atomic E-state index is 0.00955. The molecule has 0 spiro atoms. The minimum Gasteiger partial charge on any atom is -0.497 e. The van der Waals surface area contributed by atoms with Gasteiger partial charge < -0.3 is 15.0 Å². The molecule has 0 fully saturated rings. The van der Waals surface area contributed by atoms with Crippen LogP contribution in [0.15, 0.2) is 58.5 Å². The zero-order valence-corrected chi connectivity index (χ0v) is 14.6. The topological polar surface area (TPSA) is 54.1 Å². The highest BCUT2D eigenvalue weighted by Gasteiger charge is 2.13. The number of benzene rings is 2. The quantitative estimate of drug-likeness (QED) is 0.713. The van der Waals surface area contributed by atoms with Crippen LogP contribution < -0.4 is 10.1 Å². The SMILES string of the molecule is COc1ccc2[nH]c(Sc3ccccc3)c(CCNC(C)=O)c2c1. The Balaban J connectivity index is 1.97. The summed E-state index contributed by atoms with van der Waals surface area (Å²) in [5.41, 5.74) is 2.28. The van der Waals surface area contributed by atoms with Crippen molar-refractivity contribution < 1.29 is 9.53 Å². The highest BCUT2D eigenvalue weighted by atomic mass is 32.2. The normalized spacial score (nSPS) is 10.8. The molecule has 0 aliphatic heterocycles. The summed E-state index contributed by atoms with van der Waals surface area (Å²) >= 11 is 1.70. The highest BCUT2D eigenvalue weighted by molar-refractivity contribution is 7.99. The Morgan fingerprint density at radius 1 is 1.21 bits per heavy atom. The standard InChI is InChI=1S/C19H20N2O2S/c1-13(22)20-11-10-16-17-12-14(23-2)8-9-18(17)21-19(16)24-15-6-4-3-5-7-15/h3-9,12,21H,10-11H2,1-2H3,(H,20,22). The van der Waals surface area contributed by atoms with Crippen molar-refractivity contribution in [1.29, 1.82) is 0 Å². The molecule has 0 unspecified atom stereocenters. The molecule has 1 aromatic heterocycles. The second kappa shape index (κ2) is 7.45. The zero-order valence-electron chi connectivity index (χ0n) is 13.8. The van der Waals surface area contributed by atoms with E-state index in [1.54, 1.807) is 18.9 Å². The number of carbonyl (C=O) groups excluding carboxylic acids is 1. The van der Waals surface area contributed by atoms with Gasteiger partial charge in [-0.05, 0) is 42.3 Å². The van der Waals surface area contributed by atoms with Crippen molar-refractivity contribution in [2.75, 3.05) is 13.7 Å². The number of hydrogen-bond acceptors (Lipinski definition) is 3. The van der Waals surface area contributed by atoms with Gasteiger partial charge in [-0.2, -0.15) is 0 Å². The molecule has 0 bridgehead atoms. The lowest BCUT2D eigenvalue weighted by Gasteiger charge is -2.06. The molecule has 124 valence electrons. The van der Waals surface area contributed by atoms with Gasteiger partial charge in [0.15, 0.2) is 0 Å². The van der Waals surface area contributed by atoms with Crippen LogP contribution in [0.3, 0.4) is 0 Å². The molecule has 0 aliphatic rings. The summed E-state index contributed by atoms with van der Waals surface area (Å²) in [4.78, 5) is 15.8. The smallest absolute Gasteiger partial charge is 0.216 e. The van der Waals surface area contributed by atoms with Crippen molar-refractivity contribution in [1.82, 2.24) is 10.3 Å². The largest absolute Gasteiger partial charge is 0.497 e. The van der Waals surface area contributed by atoms with Crippen molar-refractivity contribution in [3.8, 4) is 5.75 Å². The molecule has 0 saturated carbocycles. The molecule has 2 N–H and O–H groups in total. The van der Waals surface area contributed by atoms with E-state index >= 15 is 0 Å². The van der Waals surface area contributed by atoms with Crippen LogP contribution in [-0.4, -0.2) is 24.5 Å². The molecule has 0 saturated heterocycles. The van der Waals surface area contributed by atoms with E-state index in [9.17, 15) is 4.79 Å². The monoisotopic (exact) mass is 340 g/mol. The molecule has 5 heteroatoms. The van der Waals surface area contributed by atoms with Gasteiger partial charge in [0, 0.05) is 29.3 Å². The fraction of sp³-hybridized carbons (Fsp3) is 0.211. The number of nitrogens with one attached hydrogen (secondary N) is 2. The predicted octanol–water partition coefficient (Wildman–Crippen LogP) is 4.01. The summed E-state index contributed by atoms with van der Waals surface area (Å²) in [6, 6.07) is 16.3. The van der Waals surface area contributed by atoms with E-state index < -0.39 is 0 Å². The Morgan fingerprint density at radius 3 is 2.71 bits per heavy atom. The number of carbonyl (C=O) groups is 1. The second-order valence-corrected chi connectivity index (χ2v) is 6.58. The fourth-order valence-electron chi connectivity index (χ4n) is 2.63. The third-order valence-corrected chi connectivity index (χ3v) is 4.85. The lowest BCUT2D eigenvalue weighted by Crippen LogP contribution is -2.22. The van der Waals surface area contributed by atoms with Crippen LogP contribution in [0.4, 0.5) is 0 Å². The summed E-state index contributed by atoms with van der Waals surface area (Å²) < 4.78 is 5.36. The van der Waals surface area contributed by atoms with Gasteiger partial charge in [0.25, 0.3) is 0 Å². The number of ether oxygens (including phenoxy) is 1. The lowest BCUT2D eigenvalue weighted by molar-refractivity contribution is -0.118. The van der Waals surface area contributed by atoms with E-state index in [2.05, 4.69) is 22.4 Å². The average Bonchev–Trinajstić information content (AvgIpc) is 2.92. The molecule has 1 heterocycles. The maximum Gasteiger partial charge on any atom is 0.216 e. The Labute approximate surface area is 145 Å². The summed E-state index contributed by atoms with van der Waals surface area (Å²) in [6.07, 6.45) is 0.766. The van der Waals surface area contributed by atoms with Crippen LogP contribution in [0.1, 0.15) is 12.5 Å². The van der Waals surface area contributed by atoms with Gasteiger partial charge >= 0.3 is 0 Å². The number of H-pyrrole nitrogens is 1. The number of hydrogen-bond donors (Lipinski definition) is 2. The van der Waals surface area contributed by atoms with Gasteiger partial charge in [0.05, 0.1) is 12.1 Å². The molecule has 0 aliphatic carbocycles. The van der Waals surface area contributed by atoms with Crippen LogP contribution in [0.2, 0.25) is 0 Å². The Bertz CT molecular complexity index is 843. The third-order valence-electron chi connectivity index (χ3n) is 3.79. The Morgan fingerprint density at radius 2 is 2.00 bits per heavy atom. The first-order valence-corrected chi connectivity index (χ1v) is 8.65. The first-order valence-electron chi connectivity index (χ1n) is 7.83. The van der Waals surface area contributed by atoms with Gasteiger partial charge in [-0.25, -0.2) is 0 Å². The lowest BCUT2D eigenvalue weighted by atomic mass is 10.1. The highest BCUT2D eigenvalue weighted by Crippen LogP contribution is 2.35. The van der Waals surface area contributed by atoms with Crippen LogP contribution >= 0.6 is 11.8 Å². The third kappa shape index (κ3) is 3.74. The molecule has 1 amide bonds.